The first-order valence-corrected chi connectivity index (χ1v) is 5.36. The molecule has 0 radical (unpaired) electrons. The number of carbonyl (C=O) groups is 1. The van der Waals surface area contributed by atoms with Crippen LogP contribution in [0.4, 0.5) is 0 Å². The molecule has 1 heterocycles. The molecule has 1 fully saturated rings. The van der Waals surface area contributed by atoms with Crippen LogP contribution in [0.2, 0.25) is 0 Å². The SMILES string of the molecule is CC(O)CCN(C)C(=O)C1CNCCO1.Cl. The number of likely N-dealkylation sites (N-methyl/N-ethyl adjacent to an activating group) is 1. The molecule has 2 N–H and O–H groups in total. The molecule has 0 aromatic heterocycles. The zero-order valence-corrected chi connectivity index (χ0v) is 10.6. The highest BCUT2D eigenvalue weighted by Crippen LogP contribution is 2.02. The maximum Gasteiger partial charge on any atom is 0.252 e. The molecule has 0 aromatic carbocycles. The van der Waals surface area contributed by atoms with Crippen molar-refractivity contribution in [3.8, 4) is 0 Å². The number of hydrogen-bond donors (Lipinski definition) is 2. The lowest BCUT2D eigenvalue weighted by Crippen LogP contribution is -2.48. The minimum Gasteiger partial charge on any atom is -0.393 e. The molecule has 6 heteroatoms. The van der Waals surface area contributed by atoms with Gasteiger partial charge in [-0.15, -0.1) is 12.4 Å². The van der Waals surface area contributed by atoms with Gasteiger partial charge in [0.2, 0.25) is 0 Å². The molecule has 0 saturated carbocycles. The zero-order chi connectivity index (χ0) is 11.3. The van der Waals surface area contributed by atoms with E-state index in [9.17, 15) is 4.79 Å². The molecule has 1 aliphatic heterocycles. The van der Waals surface area contributed by atoms with Crippen molar-refractivity contribution in [3.63, 3.8) is 0 Å². The molecular weight excluding hydrogens is 232 g/mol. The lowest BCUT2D eigenvalue weighted by Gasteiger charge is -2.27. The minimum atomic E-state index is -0.370. The van der Waals surface area contributed by atoms with Gasteiger partial charge in [-0.05, 0) is 13.3 Å². The van der Waals surface area contributed by atoms with Gasteiger partial charge in [-0.3, -0.25) is 4.79 Å². The fourth-order valence-corrected chi connectivity index (χ4v) is 1.46. The lowest BCUT2D eigenvalue weighted by molar-refractivity contribution is -0.144. The van der Waals surface area contributed by atoms with Crippen molar-refractivity contribution in [2.75, 3.05) is 33.3 Å². The molecule has 2 atom stereocenters. The second kappa shape index (κ2) is 7.84. The number of morpholine rings is 1. The van der Waals surface area contributed by atoms with Gasteiger partial charge in [0, 0.05) is 26.7 Å². The fourth-order valence-electron chi connectivity index (χ4n) is 1.46. The van der Waals surface area contributed by atoms with Crippen LogP contribution >= 0.6 is 12.4 Å². The summed E-state index contributed by atoms with van der Waals surface area (Å²) in [6.45, 7) is 4.26. The molecular formula is C10H21ClN2O3. The summed E-state index contributed by atoms with van der Waals surface area (Å²) in [5, 5.41) is 12.2. The first-order chi connectivity index (χ1) is 7.11. The number of nitrogens with zero attached hydrogens (tertiary/aromatic N) is 1. The summed E-state index contributed by atoms with van der Waals surface area (Å²) >= 11 is 0. The van der Waals surface area contributed by atoms with E-state index in [1.807, 2.05) is 0 Å². The first-order valence-electron chi connectivity index (χ1n) is 5.36. The monoisotopic (exact) mass is 252 g/mol. The Labute approximate surface area is 103 Å². The summed E-state index contributed by atoms with van der Waals surface area (Å²) < 4.78 is 5.35. The van der Waals surface area contributed by atoms with E-state index in [0.29, 0.717) is 26.1 Å². The highest BCUT2D eigenvalue weighted by Gasteiger charge is 2.24. The Morgan fingerprint density at radius 2 is 2.38 bits per heavy atom. The van der Waals surface area contributed by atoms with Crippen LogP contribution in [0, 0.1) is 0 Å². The van der Waals surface area contributed by atoms with Gasteiger partial charge in [0.15, 0.2) is 0 Å². The highest BCUT2D eigenvalue weighted by atomic mass is 35.5. The van der Waals surface area contributed by atoms with Gasteiger partial charge in [0.05, 0.1) is 12.7 Å². The van der Waals surface area contributed by atoms with E-state index in [1.54, 1.807) is 18.9 Å². The van der Waals surface area contributed by atoms with Crippen LogP contribution in [0.3, 0.4) is 0 Å². The minimum absolute atomic E-state index is 0. The molecule has 0 spiro atoms. The Kier molecular flexibility index (Phi) is 7.66. The normalized spacial score (nSPS) is 22.1. The largest absolute Gasteiger partial charge is 0.393 e. The standard InChI is InChI=1S/C10H20N2O3.ClH/c1-8(13)3-5-12(2)10(14)9-7-11-4-6-15-9;/h8-9,11,13H,3-7H2,1-2H3;1H. The molecule has 96 valence electrons. The number of amides is 1. The van der Waals surface area contributed by atoms with Crippen molar-refractivity contribution in [2.45, 2.75) is 25.6 Å². The summed E-state index contributed by atoms with van der Waals surface area (Å²) in [6, 6.07) is 0. The number of aliphatic hydroxyl groups is 1. The Morgan fingerprint density at radius 1 is 1.69 bits per heavy atom. The van der Waals surface area contributed by atoms with Gasteiger partial charge in [-0.1, -0.05) is 0 Å². The van der Waals surface area contributed by atoms with Crippen LogP contribution in [0.5, 0.6) is 0 Å². The predicted molar refractivity (Wildman–Crippen MR) is 63.8 cm³/mol. The number of nitrogens with one attached hydrogen (secondary N) is 1. The van der Waals surface area contributed by atoms with Gasteiger partial charge >= 0.3 is 0 Å². The Balaban J connectivity index is 0.00000225. The van der Waals surface area contributed by atoms with Gasteiger partial charge in [0.1, 0.15) is 6.10 Å². The number of hydrogen-bond acceptors (Lipinski definition) is 4. The van der Waals surface area contributed by atoms with Gasteiger partial charge in [-0.25, -0.2) is 0 Å². The van der Waals surface area contributed by atoms with Crippen LogP contribution in [-0.4, -0.2) is 61.4 Å². The van der Waals surface area contributed by atoms with Crippen molar-refractivity contribution in [1.29, 1.82) is 0 Å². The van der Waals surface area contributed by atoms with E-state index < -0.39 is 0 Å². The molecule has 0 aliphatic carbocycles. The Hall–Kier alpha value is -0.360. The topological polar surface area (TPSA) is 61.8 Å². The Morgan fingerprint density at radius 3 is 2.88 bits per heavy atom. The van der Waals surface area contributed by atoms with E-state index in [4.69, 9.17) is 9.84 Å². The average Bonchev–Trinajstić information content (AvgIpc) is 2.26. The van der Waals surface area contributed by atoms with Crippen LogP contribution in [0.1, 0.15) is 13.3 Å². The van der Waals surface area contributed by atoms with Crippen molar-refractivity contribution in [3.05, 3.63) is 0 Å². The molecule has 1 rings (SSSR count). The molecule has 2 unspecified atom stereocenters. The summed E-state index contributed by atoms with van der Waals surface area (Å²) in [6.07, 6.45) is -0.133. The maximum absolute atomic E-state index is 11.8. The Bertz CT molecular complexity index is 208. The smallest absolute Gasteiger partial charge is 0.252 e. The molecule has 1 saturated heterocycles. The number of ether oxygens (including phenoxy) is 1. The maximum atomic E-state index is 11.8. The fraction of sp³-hybridized carbons (Fsp3) is 0.900. The van der Waals surface area contributed by atoms with Gasteiger partial charge in [0.25, 0.3) is 5.91 Å². The van der Waals surface area contributed by atoms with E-state index in [1.165, 1.54) is 0 Å². The van der Waals surface area contributed by atoms with Gasteiger partial charge in [-0.2, -0.15) is 0 Å². The van der Waals surface area contributed by atoms with Crippen molar-refractivity contribution < 1.29 is 14.6 Å². The summed E-state index contributed by atoms with van der Waals surface area (Å²) in [5.74, 6) is -0.0112. The molecule has 1 amide bonds. The third kappa shape index (κ3) is 5.12. The van der Waals surface area contributed by atoms with Crippen molar-refractivity contribution in [1.82, 2.24) is 10.2 Å². The van der Waals surface area contributed by atoms with Gasteiger partial charge < -0.3 is 20.1 Å². The van der Waals surface area contributed by atoms with Crippen LogP contribution in [-0.2, 0) is 9.53 Å². The highest BCUT2D eigenvalue weighted by molar-refractivity contribution is 5.85. The second-order valence-corrected chi connectivity index (χ2v) is 3.96. The molecule has 0 bridgehead atoms. The van der Waals surface area contributed by atoms with Crippen molar-refractivity contribution >= 4 is 18.3 Å². The predicted octanol–water partition coefficient (Wildman–Crippen LogP) is -0.374. The third-order valence-electron chi connectivity index (χ3n) is 2.46. The van der Waals surface area contributed by atoms with Crippen LogP contribution in [0.25, 0.3) is 0 Å². The summed E-state index contributed by atoms with van der Waals surface area (Å²) in [5.41, 5.74) is 0. The molecule has 16 heavy (non-hydrogen) atoms. The van der Waals surface area contributed by atoms with Crippen LogP contribution < -0.4 is 5.32 Å². The van der Waals surface area contributed by atoms with E-state index >= 15 is 0 Å². The molecule has 5 nitrogen and oxygen atoms in total. The summed E-state index contributed by atoms with van der Waals surface area (Å²) in [4.78, 5) is 13.4. The first kappa shape index (κ1) is 15.6. The van der Waals surface area contributed by atoms with Crippen molar-refractivity contribution in [2.24, 2.45) is 0 Å². The number of aliphatic hydroxyl groups excluding tert-OH is 1. The van der Waals surface area contributed by atoms with E-state index in [0.717, 1.165) is 6.54 Å². The quantitative estimate of drug-likeness (QED) is 0.717. The average molecular weight is 253 g/mol. The van der Waals surface area contributed by atoms with E-state index in [-0.39, 0.29) is 30.5 Å². The molecule has 1 aliphatic rings. The number of rotatable bonds is 4. The number of carbonyl (C=O) groups excluding carboxylic acids is 1. The summed E-state index contributed by atoms with van der Waals surface area (Å²) in [7, 11) is 1.74. The van der Waals surface area contributed by atoms with Crippen LogP contribution in [0.15, 0.2) is 0 Å². The zero-order valence-electron chi connectivity index (χ0n) is 9.81. The third-order valence-corrected chi connectivity index (χ3v) is 2.46. The number of halogens is 1. The second-order valence-electron chi connectivity index (χ2n) is 3.96. The molecule has 0 aromatic rings. The lowest BCUT2D eigenvalue weighted by atomic mass is 10.2. The van der Waals surface area contributed by atoms with E-state index in [2.05, 4.69) is 5.32 Å².